The number of sulfonamides is 1. The third-order valence-corrected chi connectivity index (χ3v) is 8.10. The van der Waals surface area contributed by atoms with Crippen LogP contribution in [0.25, 0.3) is 0 Å². The Kier molecular flexibility index (Phi) is 5.55. The molecule has 1 unspecified atom stereocenters. The van der Waals surface area contributed by atoms with Crippen molar-refractivity contribution in [1.29, 1.82) is 0 Å². The van der Waals surface area contributed by atoms with Crippen LogP contribution in [0.1, 0.15) is 24.4 Å². The summed E-state index contributed by atoms with van der Waals surface area (Å²) in [6.45, 7) is 5.66. The van der Waals surface area contributed by atoms with Crippen molar-refractivity contribution in [1.82, 2.24) is 19.0 Å². The SMILES string of the molecule is Cc1nn(C(C)C(=O)N2CCN(S(=O)(=O)c3cccs3)CC2)c(C)c1[N+](=O)[O-]. The highest BCUT2D eigenvalue weighted by atomic mass is 32.2. The maximum atomic E-state index is 12.9. The number of carbonyl (C=O) groups excluding carboxylic acids is 1. The minimum absolute atomic E-state index is 0.0912. The number of hydrogen-bond donors (Lipinski definition) is 0. The number of thiophene rings is 1. The summed E-state index contributed by atoms with van der Waals surface area (Å²) in [6, 6.07) is 2.54. The van der Waals surface area contributed by atoms with Crippen LogP contribution in [0, 0.1) is 24.0 Å². The summed E-state index contributed by atoms with van der Waals surface area (Å²) in [5.74, 6) is -0.242. The molecule has 1 aliphatic heterocycles. The van der Waals surface area contributed by atoms with Crippen molar-refractivity contribution < 1.29 is 18.1 Å². The van der Waals surface area contributed by atoms with Gasteiger partial charge in [0.05, 0.1) is 4.92 Å². The van der Waals surface area contributed by atoms with Crippen molar-refractivity contribution in [2.75, 3.05) is 26.2 Å². The highest BCUT2D eigenvalue weighted by molar-refractivity contribution is 7.91. The van der Waals surface area contributed by atoms with Crippen molar-refractivity contribution >= 4 is 33.0 Å². The summed E-state index contributed by atoms with van der Waals surface area (Å²) in [6.07, 6.45) is 0. The zero-order valence-electron chi connectivity index (χ0n) is 15.7. The van der Waals surface area contributed by atoms with Crippen LogP contribution in [0.4, 0.5) is 5.69 Å². The van der Waals surface area contributed by atoms with E-state index in [0.717, 1.165) is 11.3 Å². The van der Waals surface area contributed by atoms with E-state index in [1.807, 2.05) is 0 Å². The van der Waals surface area contributed by atoms with Gasteiger partial charge in [-0.1, -0.05) is 6.07 Å². The maximum absolute atomic E-state index is 12.9. The zero-order chi connectivity index (χ0) is 20.6. The number of piperazine rings is 1. The number of carbonyl (C=O) groups is 1. The van der Waals surface area contributed by atoms with Crippen LogP contribution in [0.15, 0.2) is 21.7 Å². The molecule has 1 fully saturated rings. The first-order chi connectivity index (χ1) is 13.1. The molecular weight excluding hydrogens is 406 g/mol. The first-order valence-electron chi connectivity index (χ1n) is 8.67. The van der Waals surface area contributed by atoms with E-state index < -0.39 is 21.0 Å². The maximum Gasteiger partial charge on any atom is 0.312 e. The first-order valence-corrected chi connectivity index (χ1v) is 11.0. The van der Waals surface area contributed by atoms with Gasteiger partial charge in [-0.05, 0) is 32.2 Å². The minimum atomic E-state index is -3.54. The molecular formula is C16H21N5O5S2. The molecule has 3 heterocycles. The molecule has 0 spiro atoms. The summed E-state index contributed by atoms with van der Waals surface area (Å²) in [4.78, 5) is 25.1. The topological polar surface area (TPSA) is 119 Å². The predicted molar refractivity (Wildman–Crippen MR) is 103 cm³/mol. The van der Waals surface area contributed by atoms with E-state index >= 15 is 0 Å². The lowest BCUT2D eigenvalue weighted by molar-refractivity contribution is -0.386. The Balaban J connectivity index is 1.70. The molecule has 0 aromatic carbocycles. The number of amides is 1. The lowest BCUT2D eigenvalue weighted by atomic mass is 10.2. The fourth-order valence-corrected chi connectivity index (χ4v) is 5.92. The van der Waals surface area contributed by atoms with E-state index in [2.05, 4.69) is 5.10 Å². The second kappa shape index (κ2) is 7.60. The van der Waals surface area contributed by atoms with Crippen molar-refractivity contribution in [3.8, 4) is 0 Å². The molecule has 3 rings (SSSR count). The van der Waals surface area contributed by atoms with Gasteiger partial charge in [-0.2, -0.15) is 9.40 Å². The van der Waals surface area contributed by atoms with Gasteiger partial charge in [0.2, 0.25) is 5.91 Å². The number of nitrogens with zero attached hydrogens (tertiary/aromatic N) is 5. The van der Waals surface area contributed by atoms with E-state index in [0.29, 0.717) is 5.69 Å². The second-order valence-corrected chi connectivity index (χ2v) is 9.67. The summed E-state index contributed by atoms with van der Waals surface area (Å²) >= 11 is 1.16. The van der Waals surface area contributed by atoms with Gasteiger partial charge in [0, 0.05) is 26.2 Å². The lowest BCUT2D eigenvalue weighted by Crippen LogP contribution is -2.51. The van der Waals surface area contributed by atoms with Crippen LogP contribution in [0.3, 0.4) is 0 Å². The number of aromatic nitrogens is 2. The van der Waals surface area contributed by atoms with Crippen LogP contribution in [-0.2, 0) is 14.8 Å². The molecule has 152 valence electrons. The molecule has 0 radical (unpaired) electrons. The first kappa shape index (κ1) is 20.4. The van der Waals surface area contributed by atoms with Gasteiger partial charge in [0.15, 0.2) is 0 Å². The van der Waals surface area contributed by atoms with Crippen LogP contribution in [0.2, 0.25) is 0 Å². The van der Waals surface area contributed by atoms with Crippen LogP contribution in [0.5, 0.6) is 0 Å². The Hall–Kier alpha value is -2.31. The average Bonchev–Trinajstić information content (AvgIpc) is 3.29. The molecule has 0 N–H and O–H groups in total. The van der Waals surface area contributed by atoms with Gasteiger partial charge in [-0.3, -0.25) is 19.6 Å². The standard InChI is InChI=1S/C16H21N5O5S2/c1-11-15(21(23)24)12(2)20(17-11)13(3)16(22)18-6-8-19(9-7-18)28(25,26)14-5-4-10-27-14/h4-5,10,13H,6-9H2,1-3H3. The largest absolute Gasteiger partial charge is 0.338 e. The summed E-state index contributed by atoms with van der Waals surface area (Å²) < 4.78 is 28.2. The molecule has 0 bridgehead atoms. The van der Waals surface area contributed by atoms with Gasteiger partial charge < -0.3 is 4.90 Å². The fourth-order valence-electron chi connectivity index (χ4n) is 3.35. The molecule has 12 heteroatoms. The van der Waals surface area contributed by atoms with E-state index in [-0.39, 0.29) is 47.7 Å². The minimum Gasteiger partial charge on any atom is -0.338 e. The Morgan fingerprint density at radius 2 is 1.93 bits per heavy atom. The van der Waals surface area contributed by atoms with Gasteiger partial charge >= 0.3 is 5.69 Å². The summed E-state index contributed by atoms with van der Waals surface area (Å²) in [5, 5.41) is 17.0. The average molecular weight is 428 g/mol. The molecule has 2 aromatic rings. The van der Waals surface area contributed by atoms with Crippen molar-refractivity contribution in [3.63, 3.8) is 0 Å². The van der Waals surface area contributed by atoms with Crippen molar-refractivity contribution in [2.24, 2.45) is 0 Å². The summed E-state index contributed by atoms with van der Waals surface area (Å²) in [5.41, 5.74) is 0.489. The van der Waals surface area contributed by atoms with E-state index in [9.17, 15) is 23.3 Å². The van der Waals surface area contributed by atoms with Gasteiger partial charge in [0.25, 0.3) is 10.0 Å². The van der Waals surface area contributed by atoms with Gasteiger partial charge in [0.1, 0.15) is 21.6 Å². The van der Waals surface area contributed by atoms with Crippen LogP contribution in [-0.4, -0.2) is 64.4 Å². The molecule has 2 aromatic heterocycles. The number of rotatable bonds is 5. The zero-order valence-corrected chi connectivity index (χ0v) is 17.4. The Labute approximate surface area is 166 Å². The van der Waals surface area contributed by atoms with Crippen molar-refractivity contribution in [3.05, 3.63) is 39.0 Å². The Bertz CT molecular complexity index is 991. The lowest BCUT2D eigenvalue weighted by Gasteiger charge is -2.35. The van der Waals surface area contributed by atoms with Gasteiger partial charge in [-0.15, -0.1) is 11.3 Å². The number of hydrogen-bond acceptors (Lipinski definition) is 7. The number of aryl methyl sites for hydroxylation is 1. The smallest absolute Gasteiger partial charge is 0.312 e. The molecule has 1 aliphatic rings. The molecule has 1 atom stereocenters. The third-order valence-electron chi connectivity index (χ3n) is 4.83. The molecule has 28 heavy (non-hydrogen) atoms. The Morgan fingerprint density at radius 3 is 2.43 bits per heavy atom. The number of nitro groups is 1. The summed E-state index contributed by atoms with van der Waals surface area (Å²) in [7, 11) is -3.54. The van der Waals surface area contributed by atoms with Gasteiger partial charge in [-0.25, -0.2) is 8.42 Å². The van der Waals surface area contributed by atoms with Crippen LogP contribution < -0.4 is 0 Å². The van der Waals surface area contributed by atoms with E-state index in [4.69, 9.17) is 0 Å². The quantitative estimate of drug-likeness (QED) is 0.528. The third kappa shape index (κ3) is 3.54. The van der Waals surface area contributed by atoms with Crippen LogP contribution >= 0.6 is 11.3 Å². The molecule has 10 nitrogen and oxygen atoms in total. The normalized spacial score (nSPS) is 16.9. The van der Waals surface area contributed by atoms with Crippen molar-refractivity contribution in [2.45, 2.75) is 31.0 Å². The predicted octanol–water partition coefficient (Wildman–Crippen LogP) is 1.56. The van der Waals surface area contributed by atoms with E-state index in [1.165, 1.54) is 15.9 Å². The van der Waals surface area contributed by atoms with E-state index in [1.54, 1.807) is 36.3 Å². The monoisotopic (exact) mass is 427 g/mol. The second-order valence-electron chi connectivity index (χ2n) is 6.56. The highest BCUT2D eigenvalue weighted by Crippen LogP contribution is 2.26. The molecule has 1 saturated heterocycles. The fraction of sp³-hybridized carbons (Fsp3) is 0.500. The molecule has 1 amide bonds. The Morgan fingerprint density at radius 1 is 1.29 bits per heavy atom. The molecule has 0 saturated carbocycles. The highest BCUT2D eigenvalue weighted by Gasteiger charge is 2.34. The molecule has 0 aliphatic carbocycles.